The average molecular weight is 291 g/mol. The molecule has 0 aliphatic heterocycles. The van der Waals surface area contributed by atoms with Gasteiger partial charge in [0.15, 0.2) is 6.29 Å². The van der Waals surface area contributed by atoms with Gasteiger partial charge in [-0.15, -0.1) is 0 Å². The summed E-state index contributed by atoms with van der Waals surface area (Å²) in [6.07, 6.45) is 3.53. The summed E-state index contributed by atoms with van der Waals surface area (Å²) in [6, 6.07) is 17.2. The van der Waals surface area contributed by atoms with E-state index in [1.165, 1.54) is 5.56 Å². The van der Waals surface area contributed by atoms with E-state index in [-0.39, 0.29) is 6.61 Å². The molecule has 0 saturated heterocycles. The Bertz CT molecular complexity index is 709. The molecule has 0 bridgehead atoms. The third-order valence-electron chi connectivity index (χ3n) is 3.30. The van der Waals surface area contributed by atoms with Crippen LogP contribution in [-0.2, 0) is 6.42 Å². The van der Waals surface area contributed by atoms with Gasteiger partial charge in [-0.2, -0.15) is 5.26 Å². The molecule has 0 aliphatic rings. The van der Waals surface area contributed by atoms with Gasteiger partial charge >= 0.3 is 0 Å². The van der Waals surface area contributed by atoms with Crippen LogP contribution in [0.1, 0.15) is 28.4 Å². The Morgan fingerprint density at radius 1 is 1.18 bits per heavy atom. The highest BCUT2D eigenvalue weighted by molar-refractivity contribution is 5.79. The van der Waals surface area contributed by atoms with E-state index in [9.17, 15) is 10.1 Å². The van der Waals surface area contributed by atoms with Crippen molar-refractivity contribution in [1.29, 1.82) is 5.26 Å². The molecule has 0 unspecified atom stereocenters. The minimum atomic E-state index is 0.136. The fourth-order valence-corrected chi connectivity index (χ4v) is 2.02. The molecule has 0 atom stereocenters. The Morgan fingerprint density at radius 3 is 2.55 bits per heavy atom. The Balaban J connectivity index is 2.10. The van der Waals surface area contributed by atoms with Gasteiger partial charge in [0.25, 0.3) is 0 Å². The highest BCUT2D eigenvalue weighted by Crippen LogP contribution is 2.17. The molecule has 0 heterocycles. The summed E-state index contributed by atoms with van der Waals surface area (Å²) < 4.78 is 5.58. The lowest BCUT2D eigenvalue weighted by atomic mass is 10.1. The Kier molecular flexibility index (Phi) is 5.50. The first-order chi connectivity index (χ1) is 10.8. The van der Waals surface area contributed by atoms with Crippen molar-refractivity contribution < 1.29 is 9.53 Å². The van der Waals surface area contributed by atoms with Gasteiger partial charge in [-0.3, -0.25) is 4.79 Å². The molecule has 2 aromatic rings. The molecular weight excluding hydrogens is 274 g/mol. The van der Waals surface area contributed by atoms with Crippen LogP contribution in [0.25, 0.3) is 6.08 Å². The number of rotatable bonds is 6. The van der Waals surface area contributed by atoms with E-state index < -0.39 is 0 Å². The lowest BCUT2D eigenvalue weighted by Crippen LogP contribution is -2.02. The van der Waals surface area contributed by atoms with Gasteiger partial charge in [-0.05, 0) is 35.8 Å². The summed E-state index contributed by atoms with van der Waals surface area (Å²) in [5, 5.41) is 9.22. The number of ether oxygens (including phenoxy) is 1. The largest absolute Gasteiger partial charge is 0.487 e. The van der Waals surface area contributed by atoms with Crippen LogP contribution in [0.4, 0.5) is 0 Å². The molecule has 0 radical (unpaired) electrons. The van der Waals surface area contributed by atoms with Gasteiger partial charge in [0.05, 0.1) is 17.2 Å². The number of aryl methyl sites for hydroxylation is 1. The quantitative estimate of drug-likeness (QED) is 0.596. The maximum atomic E-state index is 10.9. The second-order valence-corrected chi connectivity index (χ2v) is 4.82. The molecule has 0 saturated carbocycles. The summed E-state index contributed by atoms with van der Waals surface area (Å²) in [7, 11) is 0. The van der Waals surface area contributed by atoms with E-state index in [0.29, 0.717) is 16.9 Å². The van der Waals surface area contributed by atoms with Crippen molar-refractivity contribution in [2.45, 2.75) is 13.3 Å². The average Bonchev–Trinajstić information content (AvgIpc) is 2.59. The van der Waals surface area contributed by atoms with Gasteiger partial charge in [-0.25, -0.2) is 0 Å². The second kappa shape index (κ2) is 7.80. The Morgan fingerprint density at radius 2 is 1.91 bits per heavy atom. The fourth-order valence-electron chi connectivity index (χ4n) is 2.02. The minimum Gasteiger partial charge on any atom is -0.487 e. The summed E-state index contributed by atoms with van der Waals surface area (Å²) in [5.41, 5.74) is 3.20. The molecule has 0 amide bonds. The first-order valence-corrected chi connectivity index (χ1v) is 7.13. The van der Waals surface area contributed by atoms with Crippen LogP contribution in [0.3, 0.4) is 0 Å². The smallest absolute Gasteiger partial charge is 0.153 e. The van der Waals surface area contributed by atoms with Crippen molar-refractivity contribution in [2.75, 3.05) is 6.61 Å². The monoisotopic (exact) mass is 291 g/mol. The van der Waals surface area contributed by atoms with Gasteiger partial charge in [0.2, 0.25) is 0 Å². The van der Waals surface area contributed by atoms with Gasteiger partial charge in [0, 0.05) is 0 Å². The van der Waals surface area contributed by atoms with E-state index in [1.54, 1.807) is 30.3 Å². The van der Waals surface area contributed by atoms with E-state index in [1.807, 2.05) is 24.3 Å². The molecule has 0 spiro atoms. The van der Waals surface area contributed by atoms with Gasteiger partial charge in [0.1, 0.15) is 12.4 Å². The minimum absolute atomic E-state index is 0.136. The Hall–Kier alpha value is -2.86. The normalized spacial score (nSPS) is 10.8. The summed E-state index contributed by atoms with van der Waals surface area (Å²) >= 11 is 0. The number of aldehydes is 1. The van der Waals surface area contributed by atoms with Crippen LogP contribution in [-0.4, -0.2) is 12.9 Å². The number of nitriles is 1. The number of hydrogen-bond donors (Lipinski definition) is 0. The van der Waals surface area contributed by atoms with Crippen molar-refractivity contribution in [3.63, 3.8) is 0 Å². The highest BCUT2D eigenvalue weighted by atomic mass is 16.5. The molecule has 2 aromatic carbocycles. The SMILES string of the molecule is CCc1ccc(/C=C(\C#N)COc2ccccc2C=O)cc1. The predicted octanol–water partition coefficient (Wildman–Crippen LogP) is 4.05. The molecule has 3 nitrogen and oxygen atoms in total. The molecule has 0 aromatic heterocycles. The first-order valence-electron chi connectivity index (χ1n) is 7.13. The van der Waals surface area contributed by atoms with Crippen LogP contribution in [0, 0.1) is 11.3 Å². The van der Waals surface area contributed by atoms with E-state index in [0.717, 1.165) is 18.3 Å². The Labute approximate surface area is 130 Å². The summed E-state index contributed by atoms with van der Waals surface area (Å²) in [6.45, 7) is 2.24. The lowest BCUT2D eigenvalue weighted by Gasteiger charge is -2.07. The number of benzene rings is 2. The third kappa shape index (κ3) is 4.07. The molecule has 0 fully saturated rings. The standard InChI is InChI=1S/C19H17NO2/c1-2-15-7-9-16(10-8-15)11-17(12-20)14-22-19-6-4-3-5-18(19)13-21/h3-11,13H,2,14H2,1H3/b17-11+. The van der Waals surface area contributed by atoms with E-state index in [4.69, 9.17) is 4.74 Å². The van der Waals surface area contributed by atoms with E-state index in [2.05, 4.69) is 13.0 Å². The van der Waals surface area contributed by atoms with Crippen LogP contribution < -0.4 is 4.74 Å². The molecule has 110 valence electrons. The van der Waals surface area contributed by atoms with Gasteiger partial charge in [-0.1, -0.05) is 43.3 Å². The number of hydrogen-bond acceptors (Lipinski definition) is 3. The van der Waals surface area contributed by atoms with Crippen molar-refractivity contribution in [1.82, 2.24) is 0 Å². The fraction of sp³-hybridized carbons (Fsp3) is 0.158. The predicted molar refractivity (Wildman–Crippen MR) is 86.7 cm³/mol. The second-order valence-electron chi connectivity index (χ2n) is 4.82. The number of para-hydroxylation sites is 1. The zero-order valence-electron chi connectivity index (χ0n) is 12.5. The molecule has 0 aliphatic carbocycles. The molecule has 0 N–H and O–H groups in total. The first kappa shape index (κ1) is 15.5. The van der Waals surface area contributed by atoms with Gasteiger partial charge < -0.3 is 4.74 Å². The molecule has 3 heteroatoms. The van der Waals surface area contributed by atoms with Crippen LogP contribution in [0.15, 0.2) is 54.1 Å². The van der Waals surface area contributed by atoms with Crippen molar-refractivity contribution in [3.05, 3.63) is 70.8 Å². The van der Waals surface area contributed by atoms with Crippen molar-refractivity contribution in [3.8, 4) is 11.8 Å². The summed E-state index contributed by atoms with van der Waals surface area (Å²) in [4.78, 5) is 10.9. The summed E-state index contributed by atoms with van der Waals surface area (Å²) in [5.74, 6) is 0.486. The van der Waals surface area contributed by atoms with Crippen LogP contribution in [0.5, 0.6) is 5.75 Å². The lowest BCUT2D eigenvalue weighted by molar-refractivity contribution is 0.112. The zero-order chi connectivity index (χ0) is 15.8. The topological polar surface area (TPSA) is 50.1 Å². The maximum absolute atomic E-state index is 10.9. The number of carbonyl (C=O) groups is 1. The number of nitrogens with zero attached hydrogens (tertiary/aromatic N) is 1. The van der Waals surface area contributed by atoms with E-state index >= 15 is 0 Å². The van der Waals surface area contributed by atoms with Crippen molar-refractivity contribution in [2.24, 2.45) is 0 Å². The van der Waals surface area contributed by atoms with Crippen molar-refractivity contribution >= 4 is 12.4 Å². The molecule has 2 rings (SSSR count). The molecule has 22 heavy (non-hydrogen) atoms. The number of carbonyl (C=O) groups excluding carboxylic acids is 1. The van der Waals surface area contributed by atoms with Crippen LogP contribution >= 0.6 is 0 Å². The van der Waals surface area contributed by atoms with Crippen LogP contribution in [0.2, 0.25) is 0 Å². The maximum Gasteiger partial charge on any atom is 0.153 e. The zero-order valence-corrected chi connectivity index (χ0v) is 12.5. The molecular formula is C19H17NO2. The highest BCUT2D eigenvalue weighted by Gasteiger charge is 2.03. The third-order valence-corrected chi connectivity index (χ3v) is 3.30.